The van der Waals surface area contributed by atoms with Gasteiger partial charge in [0.15, 0.2) is 23.1 Å². The second-order valence-electron chi connectivity index (χ2n) is 4.75. The topological polar surface area (TPSA) is 63.6 Å². The van der Waals surface area contributed by atoms with Gasteiger partial charge in [-0.05, 0) is 19.1 Å². The summed E-state index contributed by atoms with van der Waals surface area (Å²) in [6.45, 7) is 1.77. The smallest absolute Gasteiger partial charge is 0.198 e. The molecule has 1 aliphatic carbocycles. The number of aromatic hydroxyl groups is 1. The fourth-order valence-corrected chi connectivity index (χ4v) is 2.45. The van der Waals surface area contributed by atoms with Gasteiger partial charge in [0.25, 0.3) is 0 Å². The van der Waals surface area contributed by atoms with Gasteiger partial charge in [-0.3, -0.25) is 9.59 Å². The van der Waals surface area contributed by atoms with Crippen LogP contribution in [0.3, 0.4) is 0 Å². The zero-order valence-corrected chi connectivity index (χ0v) is 11.8. The van der Waals surface area contributed by atoms with E-state index in [9.17, 15) is 14.7 Å². The van der Waals surface area contributed by atoms with Gasteiger partial charge >= 0.3 is 0 Å². The van der Waals surface area contributed by atoms with Gasteiger partial charge in [0.1, 0.15) is 6.61 Å². The Balaban J connectivity index is 2.12. The summed E-state index contributed by atoms with van der Waals surface area (Å²) in [7, 11) is 0. The first-order valence-corrected chi connectivity index (χ1v) is 6.72. The van der Waals surface area contributed by atoms with Crippen LogP contribution in [0.2, 0.25) is 0 Å². The first-order valence-electron chi connectivity index (χ1n) is 6.72. The largest absolute Gasteiger partial charge is 0.504 e. The first kappa shape index (κ1) is 13.9. The fraction of sp³-hybridized carbons (Fsp3) is 0.111. The minimum absolute atomic E-state index is 0.00865. The third kappa shape index (κ3) is 2.04. The third-order valence-corrected chi connectivity index (χ3v) is 3.51. The van der Waals surface area contributed by atoms with Gasteiger partial charge < -0.3 is 9.84 Å². The van der Waals surface area contributed by atoms with Gasteiger partial charge in [-0.1, -0.05) is 30.2 Å². The van der Waals surface area contributed by atoms with Crippen LogP contribution in [0, 0.1) is 11.8 Å². The maximum atomic E-state index is 12.6. The lowest BCUT2D eigenvalue weighted by Gasteiger charge is -2.19. The standard InChI is InChI=1S/C18H12O4/c1-2-3-10-22-14-9-8-13-15(18(14)21)17(20)12-7-5-4-6-11(12)16(13)19/h4-9,21H,10H2,1H3. The van der Waals surface area contributed by atoms with Crippen molar-refractivity contribution in [2.24, 2.45) is 0 Å². The van der Waals surface area contributed by atoms with Crippen molar-refractivity contribution in [1.29, 1.82) is 0 Å². The molecular weight excluding hydrogens is 280 g/mol. The van der Waals surface area contributed by atoms with Gasteiger partial charge in [-0.25, -0.2) is 0 Å². The van der Waals surface area contributed by atoms with E-state index in [-0.39, 0.29) is 40.8 Å². The van der Waals surface area contributed by atoms with Crippen molar-refractivity contribution in [2.75, 3.05) is 6.61 Å². The number of benzene rings is 2. The normalized spacial score (nSPS) is 12.0. The zero-order valence-electron chi connectivity index (χ0n) is 11.8. The van der Waals surface area contributed by atoms with Crippen LogP contribution >= 0.6 is 0 Å². The molecule has 1 N–H and O–H groups in total. The van der Waals surface area contributed by atoms with Crippen molar-refractivity contribution in [3.63, 3.8) is 0 Å². The number of rotatable bonds is 2. The summed E-state index contributed by atoms with van der Waals surface area (Å²) in [6.07, 6.45) is 0. The molecule has 2 aromatic rings. The Labute approximate surface area is 127 Å². The van der Waals surface area contributed by atoms with Crippen LogP contribution in [0.4, 0.5) is 0 Å². The van der Waals surface area contributed by atoms with Gasteiger partial charge in [0, 0.05) is 16.7 Å². The molecule has 4 heteroatoms. The molecule has 0 atom stereocenters. The Morgan fingerprint density at radius 1 is 1.00 bits per heavy atom. The minimum atomic E-state index is -0.380. The highest BCUT2D eigenvalue weighted by molar-refractivity contribution is 6.29. The SMILES string of the molecule is CC#CCOc1ccc2c(c1O)C(=O)c1ccccc1C2=O. The molecule has 108 valence electrons. The molecule has 0 radical (unpaired) electrons. The maximum Gasteiger partial charge on any atom is 0.198 e. The number of carbonyl (C=O) groups is 2. The van der Waals surface area contributed by atoms with Crippen LogP contribution < -0.4 is 4.74 Å². The van der Waals surface area contributed by atoms with E-state index in [2.05, 4.69) is 11.8 Å². The van der Waals surface area contributed by atoms with Gasteiger partial charge in [0.05, 0.1) is 5.56 Å². The maximum absolute atomic E-state index is 12.6. The van der Waals surface area contributed by atoms with E-state index in [0.29, 0.717) is 11.1 Å². The van der Waals surface area contributed by atoms with Gasteiger partial charge in [-0.15, -0.1) is 5.92 Å². The summed E-state index contributed by atoms with van der Waals surface area (Å²) >= 11 is 0. The average molecular weight is 292 g/mol. The third-order valence-electron chi connectivity index (χ3n) is 3.51. The molecule has 0 amide bonds. The number of hydrogen-bond donors (Lipinski definition) is 1. The molecule has 0 spiro atoms. The lowest BCUT2D eigenvalue weighted by atomic mass is 9.83. The number of fused-ring (bicyclic) bond motifs is 2. The Hall–Kier alpha value is -3.06. The van der Waals surface area contributed by atoms with Crippen molar-refractivity contribution < 1.29 is 19.4 Å². The van der Waals surface area contributed by atoms with Crippen LogP contribution in [-0.2, 0) is 0 Å². The van der Waals surface area contributed by atoms with Crippen LogP contribution in [-0.4, -0.2) is 23.3 Å². The first-order chi connectivity index (χ1) is 10.6. The summed E-state index contributed by atoms with van der Waals surface area (Å²) in [5, 5.41) is 10.3. The lowest BCUT2D eigenvalue weighted by Crippen LogP contribution is -2.21. The molecule has 2 aromatic carbocycles. The van der Waals surface area contributed by atoms with E-state index >= 15 is 0 Å². The zero-order chi connectivity index (χ0) is 15.7. The molecule has 0 heterocycles. The van der Waals surface area contributed by atoms with Crippen molar-refractivity contribution in [1.82, 2.24) is 0 Å². The quantitative estimate of drug-likeness (QED) is 0.737. The summed E-state index contributed by atoms with van der Waals surface area (Å²) in [5.41, 5.74) is 0.825. The van der Waals surface area contributed by atoms with E-state index in [0.717, 1.165) is 0 Å². The summed E-state index contributed by atoms with van der Waals surface area (Å²) in [4.78, 5) is 25.0. The van der Waals surface area contributed by atoms with E-state index in [1.165, 1.54) is 12.1 Å². The van der Waals surface area contributed by atoms with Crippen molar-refractivity contribution in [3.05, 3.63) is 58.7 Å². The predicted molar refractivity (Wildman–Crippen MR) is 80.4 cm³/mol. The van der Waals surface area contributed by atoms with Crippen LogP contribution in [0.15, 0.2) is 36.4 Å². The lowest BCUT2D eigenvalue weighted by molar-refractivity contribution is 0.0976. The molecular formula is C18H12O4. The monoisotopic (exact) mass is 292 g/mol. The highest BCUT2D eigenvalue weighted by Gasteiger charge is 2.32. The Morgan fingerprint density at radius 2 is 1.68 bits per heavy atom. The molecule has 0 aliphatic heterocycles. The highest BCUT2D eigenvalue weighted by Crippen LogP contribution is 2.38. The number of phenolic OH excluding ortho intramolecular Hbond substituents is 1. The highest BCUT2D eigenvalue weighted by atomic mass is 16.5. The molecule has 0 saturated heterocycles. The molecule has 0 aromatic heterocycles. The molecule has 0 bridgehead atoms. The molecule has 22 heavy (non-hydrogen) atoms. The summed E-state index contributed by atoms with van der Waals surface area (Å²) in [5.74, 6) is 4.54. The number of carbonyl (C=O) groups excluding carboxylic acids is 2. The molecule has 3 rings (SSSR count). The van der Waals surface area contributed by atoms with Crippen LogP contribution in [0.5, 0.6) is 11.5 Å². The predicted octanol–water partition coefficient (Wildman–Crippen LogP) is 2.57. The minimum Gasteiger partial charge on any atom is -0.504 e. The van der Waals surface area contributed by atoms with E-state index in [4.69, 9.17) is 4.74 Å². The van der Waals surface area contributed by atoms with Crippen molar-refractivity contribution in [2.45, 2.75) is 6.92 Å². The van der Waals surface area contributed by atoms with Gasteiger partial charge in [-0.2, -0.15) is 0 Å². The number of ether oxygens (including phenoxy) is 1. The average Bonchev–Trinajstić information content (AvgIpc) is 2.54. The van der Waals surface area contributed by atoms with Crippen molar-refractivity contribution in [3.8, 4) is 23.3 Å². The van der Waals surface area contributed by atoms with Crippen molar-refractivity contribution >= 4 is 11.6 Å². The second-order valence-corrected chi connectivity index (χ2v) is 4.75. The number of hydrogen-bond acceptors (Lipinski definition) is 4. The Bertz CT molecular complexity index is 853. The fourth-order valence-electron chi connectivity index (χ4n) is 2.45. The molecule has 4 nitrogen and oxygen atoms in total. The second kappa shape index (κ2) is 5.38. The van der Waals surface area contributed by atoms with Gasteiger partial charge in [0.2, 0.25) is 0 Å². The Kier molecular flexibility index (Phi) is 3.40. The van der Waals surface area contributed by atoms with E-state index < -0.39 is 0 Å². The molecule has 0 unspecified atom stereocenters. The number of ketones is 2. The molecule has 0 saturated carbocycles. The molecule has 0 fully saturated rings. The van der Waals surface area contributed by atoms with Crippen LogP contribution in [0.1, 0.15) is 38.8 Å². The van der Waals surface area contributed by atoms with Crippen LogP contribution in [0.25, 0.3) is 0 Å². The number of phenols is 1. The summed E-state index contributed by atoms with van der Waals surface area (Å²) < 4.78 is 5.33. The van der Waals surface area contributed by atoms with E-state index in [1.807, 2.05) is 0 Å². The summed E-state index contributed by atoms with van der Waals surface area (Å²) in [6, 6.07) is 9.55. The van der Waals surface area contributed by atoms with E-state index in [1.54, 1.807) is 31.2 Å². The Morgan fingerprint density at radius 3 is 2.36 bits per heavy atom. The molecule has 1 aliphatic rings.